The highest BCUT2D eigenvalue weighted by Gasteiger charge is 2.36. The fraction of sp³-hybridized carbons (Fsp3) is 0.500. The average molecular weight is 316 g/mol. The lowest BCUT2D eigenvalue weighted by molar-refractivity contribution is -0.137. The highest BCUT2D eigenvalue weighted by Crippen LogP contribution is 2.39. The molecule has 1 fully saturated rings. The standard InChI is InChI=1S/C12H13ClF3NO.ClH/c13-9-5-7(3-4-8(9)12(14,15)16)10(17)11(18)6-1-2-6;/h3-6,10-11,18H,1-2,17H2;1H/t10-,11+;/m1./s1. The lowest BCUT2D eigenvalue weighted by Crippen LogP contribution is -2.28. The van der Waals surface area contributed by atoms with E-state index < -0.39 is 28.9 Å². The predicted molar refractivity (Wildman–Crippen MR) is 69.4 cm³/mol. The highest BCUT2D eigenvalue weighted by molar-refractivity contribution is 6.31. The maximum absolute atomic E-state index is 12.5. The van der Waals surface area contributed by atoms with Gasteiger partial charge in [-0.15, -0.1) is 12.4 Å². The van der Waals surface area contributed by atoms with Gasteiger partial charge >= 0.3 is 6.18 Å². The van der Waals surface area contributed by atoms with Crippen LogP contribution in [0.1, 0.15) is 30.0 Å². The topological polar surface area (TPSA) is 46.2 Å². The number of rotatable bonds is 3. The Kier molecular flexibility index (Phi) is 5.12. The van der Waals surface area contributed by atoms with Crippen LogP contribution in [0.2, 0.25) is 5.02 Å². The van der Waals surface area contributed by atoms with Crippen molar-refractivity contribution >= 4 is 24.0 Å². The lowest BCUT2D eigenvalue weighted by Gasteiger charge is -2.20. The molecular formula is C12H14Cl2F3NO. The molecule has 0 spiro atoms. The Morgan fingerprint density at radius 3 is 2.32 bits per heavy atom. The second kappa shape index (κ2) is 5.87. The van der Waals surface area contributed by atoms with Crippen molar-refractivity contribution < 1.29 is 18.3 Å². The Hall–Kier alpha value is -0.490. The molecule has 3 N–H and O–H groups in total. The quantitative estimate of drug-likeness (QED) is 0.896. The van der Waals surface area contributed by atoms with Crippen LogP contribution >= 0.6 is 24.0 Å². The molecule has 1 aromatic carbocycles. The molecule has 19 heavy (non-hydrogen) atoms. The van der Waals surface area contributed by atoms with Gasteiger partial charge in [0.25, 0.3) is 0 Å². The summed E-state index contributed by atoms with van der Waals surface area (Å²) in [6, 6.07) is 2.65. The van der Waals surface area contributed by atoms with Crippen LogP contribution in [-0.4, -0.2) is 11.2 Å². The van der Waals surface area contributed by atoms with Gasteiger partial charge in [0, 0.05) is 0 Å². The van der Waals surface area contributed by atoms with Gasteiger partial charge in [0.2, 0.25) is 0 Å². The summed E-state index contributed by atoms with van der Waals surface area (Å²) in [6.07, 6.45) is -3.39. The molecule has 0 unspecified atom stereocenters. The second-order valence-electron chi connectivity index (χ2n) is 4.59. The zero-order valence-electron chi connectivity index (χ0n) is 9.82. The minimum atomic E-state index is -4.48. The molecule has 0 saturated heterocycles. The first-order valence-electron chi connectivity index (χ1n) is 5.61. The Bertz CT molecular complexity index is 449. The molecular weight excluding hydrogens is 302 g/mol. The van der Waals surface area contributed by atoms with Crippen molar-refractivity contribution in [3.8, 4) is 0 Å². The zero-order valence-corrected chi connectivity index (χ0v) is 11.4. The predicted octanol–water partition coefficient (Wildman–Crippen LogP) is 3.55. The van der Waals surface area contributed by atoms with Crippen LogP contribution in [0.15, 0.2) is 18.2 Å². The number of hydrogen-bond donors (Lipinski definition) is 2. The van der Waals surface area contributed by atoms with Crippen LogP contribution in [0.3, 0.4) is 0 Å². The average Bonchev–Trinajstić information content (AvgIpc) is 3.09. The monoisotopic (exact) mass is 315 g/mol. The molecule has 1 saturated carbocycles. The smallest absolute Gasteiger partial charge is 0.391 e. The van der Waals surface area contributed by atoms with Crippen LogP contribution in [0.5, 0.6) is 0 Å². The first kappa shape index (κ1) is 16.6. The van der Waals surface area contributed by atoms with E-state index in [2.05, 4.69) is 0 Å². The van der Waals surface area contributed by atoms with Gasteiger partial charge in [0.1, 0.15) is 0 Å². The van der Waals surface area contributed by atoms with Crippen LogP contribution in [0.4, 0.5) is 13.2 Å². The van der Waals surface area contributed by atoms with Crippen molar-refractivity contribution in [2.75, 3.05) is 0 Å². The van der Waals surface area contributed by atoms with E-state index in [0.717, 1.165) is 18.9 Å². The molecule has 1 aliphatic carbocycles. The third kappa shape index (κ3) is 3.75. The number of halogens is 5. The van der Waals surface area contributed by atoms with Gasteiger partial charge < -0.3 is 10.8 Å². The lowest BCUT2D eigenvalue weighted by atomic mass is 9.98. The molecule has 0 radical (unpaired) electrons. The summed E-state index contributed by atoms with van der Waals surface area (Å²) in [4.78, 5) is 0. The normalized spacial score (nSPS) is 18.6. The molecule has 0 amide bonds. The second-order valence-corrected chi connectivity index (χ2v) is 5.00. The third-order valence-electron chi connectivity index (χ3n) is 3.16. The molecule has 7 heteroatoms. The first-order valence-corrected chi connectivity index (χ1v) is 5.99. The Morgan fingerprint density at radius 1 is 1.32 bits per heavy atom. The molecule has 2 rings (SSSR count). The van der Waals surface area contributed by atoms with Gasteiger partial charge in [-0.3, -0.25) is 0 Å². The van der Waals surface area contributed by atoms with Crippen LogP contribution in [0.25, 0.3) is 0 Å². The molecule has 108 valence electrons. The molecule has 1 aromatic rings. The Balaban J connectivity index is 0.00000180. The van der Waals surface area contributed by atoms with Crippen LogP contribution < -0.4 is 5.73 Å². The van der Waals surface area contributed by atoms with Crippen molar-refractivity contribution in [1.29, 1.82) is 0 Å². The maximum Gasteiger partial charge on any atom is 0.417 e. The van der Waals surface area contributed by atoms with Crippen molar-refractivity contribution in [3.63, 3.8) is 0 Å². The van der Waals surface area contributed by atoms with Gasteiger partial charge in [-0.25, -0.2) is 0 Å². The molecule has 0 heterocycles. The summed E-state index contributed by atoms with van der Waals surface area (Å²) in [6.45, 7) is 0. The summed E-state index contributed by atoms with van der Waals surface area (Å²) < 4.78 is 37.5. The number of hydrogen-bond acceptors (Lipinski definition) is 2. The number of nitrogens with two attached hydrogens (primary N) is 1. The molecule has 2 atom stereocenters. The number of aliphatic hydroxyl groups is 1. The third-order valence-corrected chi connectivity index (χ3v) is 3.47. The Morgan fingerprint density at radius 2 is 1.89 bits per heavy atom. The highest BCUT2D eigenvalue weighted by atomic mass is 35.5. The van der Waals surface area contributed by atoms with Gasteiger partial charge in [-0.1, -0.05) is 17.7 Å². The van der Waals surface area contributed by atoms with Crippen molar-refractivity contribution in [2.45, 2.75) is 31.2 Å². The number of alkyl halides is 3. The van der Waals surface area contributed by atoms with E-state index in [9.17, 15) is 18.3 Å². The van der Waals surface area contributed by atoms with E-state index >= 15 is 0 Å². The number of benzene rings is 1. The SMILES string of the molecule is Cl.N[C@H](c1ccc(C(F)(F)F)c(Cl)c1)[C@@H](O)C1CC1. The Labute approximate surface area is 120 Å². The van der Waals surface area contributed by atoms with E-state index in [1.807, 2.05) is 0 Å². The van der Waals surface area contributed by atoms with Crippen molar-refractivity contribution in [1.82, 2.24) is 0 Å². The molecule has 0 aliphatic heterocycles. The zero-order chi connectivity index (χ0) is 13.5. The van der Waals surface area contributed by atoms with E-state index in [0.29, 0.717) is 5.56 Å². The van der Waals surface area contributed by atoms with E-state index in [4.69, 9.17) is 17.3 Å². The fourth-order valence-corrected chi connectivity index (χ4v) is 2.19. The summed E-state index contributed by atoms with van der Waals surface area (Å²) in [5.74, 6) is 0.154. The van der Waals surface area contributed by atoms with Crippen molar-refractivity contribution in [2.24, 2.45) is 11.7 Å². The van der Waals surface area contributed by atoms with Gasteiger partial charge in [0.05, 0.1) is 22.7 Å². The minimum absolute atomic E-state index is 0. The van der Waals surface area contributed by atoms with Crippen molar-refractivity contribution in [3.05, 3.63) is 34.3 Å². The summed E-state index contributed by atoms with van der Waals surface area (Å²) in [5, 5.41) is 9.45. The minimum Gasteiger partial charge on any atom is -0.391 e. The van der Waals surface area contributed by atoms with Crippen LogP contribution in [0, 0.1) is 5.92 Å². The molecule has 2 nitrogen and oxygen atoms in total. The summed E-state index contributed by atoms with van der Waals surface area (Å²) in [5.41, 5.74) is 5.35. The molecule has 1 aliphatic rings. The van der Waals surface area contributed by atoms with E-state index in [1.54, 1.807) is 0 Å². The van der Waals surface area contributed by atoms with Gasteiger partial charge in [-0.05, 0) is 36.5 Å². The largest absolute Gasteiger partial charge is 0.417 e. The summed E-state index contributed by atoms with van der Waals surface area (Å²) >= 11 is 5.60. The molecule has 0 bridgehead atoms. The van der Waals surface area contributed by atoms with E-state index in [1.165, 1.54) is 12.1 Å². The van der Waals surface area contributed by atoms with Gasteiger partial charge in [0.15, 0.2) is 0 Å². The van der Waals surface area contributed by atoms with Crippen LogP contribution in [-0.2, 0) is 6.18 Å². The maximum atomic E-state index is 12.5. The van der Waals surface area contributed by atoms with Gasteiger partial charge in [-0.2, -0.15) is 13.2 Å². The first-order chi connectivity index (χ1) is 8.30. The number of aliphatic hydroxyl groups excluding tert-OH is 1. The summed E-state index contributed by atoms with van der Waals surface area (Å²) in [7, 11) is 0. The fourth-order valence-electron chi connectivity index (χ4n) is 1.90. The molecule has 0 aromatic heterocycles. The van der Waals surface area contributed by atoms with E-state index in [-0.39, 0.29) is 18.3 Å².